The summed E-state index contributed by atoms with van der Waals surface area (Å²) < 4.78 is 10.8. The van der Waals surface area contributed by atoms with E-state index in [1.807, 2.05) is 0 Å². The molecule has 0 spiro atoms. The Balaban J connectivity index is 2.03. The van der Waals surface area contributed by atoms with Gasteiger partial charge in [-0.2, -0.15) is 0 Å². The molecular weight excluding hydrogens is 348 g/mol. The first kappa shape index (κ1) is 18.4. The maximum atomic E-state index is 13.1. The van der Waals surface area contributed by atoms with E-state index in [2.05, 4.69) is 6.58 Å². The van der Waals surface area contributed by atoms with Crippen molar-refractivity contribution in [1.82, 2.24) is 0 Å². The normalized spacial score (nSPS) is 12.4. The summed E-state index contributed by atoms with van der Waals surface area (Å²) in [5.74, 6) is 0.783. The van der Waals surface area contributed by atoms with Gasteiger partial charge in [-0.05, 0) is 30.5 Å². The molecule has 140 valence electrons. The third-order valence-electron chi connectivity index (χ3n) is 4.59. The lowest BCUT2D eigenvalue weighted by Crippen LogP contribution is -2.29. The molecule has 0 aliphatic carbocycles. The van der Waals surface area contributed by atoms with E-state index in [-0.39, 0.29) is 11.6 Å². The van der Waals surface area contributed by atoms with Gasteiger partial charge in [0.2, 0.25) is 0 Å². The van der Waals surface area contributed by atoms with Gasteiger partial charge in [0.25, 0.3) is 11.6 Å². The molecule has 0 radical (unpaired) electrons. The van der Waals surface area contributed by atoms with Crippen molar-refractivity contribution in [3.05, 3.63) is 69.8 Å². The van der Waals surface area contributed by atoms with Crippen molar-refractivity contribution in [2.45, 2.75) is 12.8 Å². The molecule has 0 bridgehead atoms. The SMILES string of the molecule is C=CCc1cc(C(=O)N2CCc3ccc([N+](=O)[O-])cc32)cc(OC)c1OC. The number of nitro benzene ring substituents is 1. The van der Waals surface area contributed by atoms with Crippen LogP contribution in [0.4, 0.5) is 11.4 Å². The second-order valence-corrected chi connectivity index (χ2v) is 6.14. The second-order valence-electron chi connectivity index (χ2n) is 6.14. The van der Waals surface area contributed by atoms with Crippen molar-refractivity contribution in [3.8, 4) is 11.5 Å². The van der Waals surface area contributed by atoms with E-state index in [0.717, 1.165) is 11.1 Å². The molecule has 0 atom stereocenters. The van der Waals surface area contributed by atoms with Crippen LogP contribution >= 0.6 is 0 Å². The molecule has 0 saturated carbocycles. The van der Waals surface area contributed by atoms with Gasteiger partial charge >= 0.3 is 0 Å². The average molecular weight is 368 g/mol. The maximum absolute atomic E-state index is 13.1. The number of non-ortho nitro benzene ring substituents is 1. The second kappa shape index (κ2) is 7.49. The first-order chi connectivity index (χ1) is 13.0. The predicted octanol–water partition coefficient (Wildman–Crippen LogP) is 3.54. The molecular formula is C20H20N2O5. The number of carbonyl (C=O) groups excluding carboxylic acids is 1. The molecule has 0 N–H and O–H groups in total. The Labute approximate surface area is 157 Å². The van der Waals surface area contributed by atoms with Gasteiger partial charge in [-0.25, -0.2) is 0 Å². The van der Waals surface area contributed by atoms with Crippen molar-refractivity contribution in [3.63, 3.8) is 0 Å². The lowest BCUT2D eigenvalue weighted by Gasteiger charge is -2.19. The summed E-state index contributed by atoms with van der Waals surface area (Å²) in [5, 5.41) is 11.1. The number of methoxy groups -OCH3 is 2. The quantitative estimate of drug-likeness (QED) is 0.442. The number of rotatable bonds is 6. The lowest BCUT2D eigenvalue weighted by atomic mass is 10.0. The van der Waals surface area contributed by atoms with E-state index in [1.54, 1.807) is 36.3 Å². The minimum absolute atomic E-state index is 0.0342. The summed E-state index contributed by atoms with van der Waals surface area (Å²) in [5.41, 5.74) is 2.68. The van der Waals surface area contributed by atoms with Crippen molar-refractivity contribution >= 4 is 17.3 Å². The monoisotopic (exact) mass is 368 g/mol. The topological polar surface area (TPSA) is 81.9 Å². The number of nitro groups is 1. The van der Waals surface area contributed by atoms with E-state index >= 15 is 0 Å². The van der Waals surface area contributed by atoms with Crippen LogP contribution in [0.25, 0.3) is 0 Å². The molecule has 3 rings (SSSR count). The van der Waals surface area contributed by atoms with Crippen LogP contribution in [0.1, 0.15) is 21.5 Å². The molecule has 7 heteroatoms. The number of nitrogens with zero attached hydrogens (tertiary/aromatic N) is 2. The highest BCUT2D eigenvalue weighted by molar-refractivity contribution is 6.08. The number of ether oxygens (including phenoxy) is 2. The first-order valence-corrected chi connectivity index (χ1v) is 8.45. The smallest absolute Gasteiger partial charge is 0.271 e. The van der Waals surface area contributed by atoms with E-state index in [9.17, 15) is 14.9 Å². The van der Waals surface area contributed by atoms with Crippen LogP contribution < -0.4 is 14.4 Å². The van der Waals surface area contributed by atoms with E-state index in [0.29, 0.717) is 42.1 Å². The number of benzene rings is 2. The molecule has 1 aliphatic heterocycles. The Morgan fingerprint density at radius 3 is 2.70 bits per heavy atom. The summed E-state index contributed by atoms with van der Waals surface area (Å²) in [7, 11) is 3.06. The summed E-state index contributed by atoms with van der Waals surface area (Å²) >= 11 is 0. The van der Waals surface area contributed by atoms with Crippen LogP contribution in [-0.2, 0) is 12.8 Å². The number of fused-ring (bicyclic) bond motifs is 1. The summed E-state index contributed by atoms with van der Waals surface area (Å²) in [6.07, 6.45) is 2.90. The zero-order chi connectivity index (χ0) is 19.6. The first-order valence-electron chi connectivity index (χ1n) is 8.45. The Hall–Kier alpha value is -3.35. The van der Waals surface area contributed by atoms with Gasteiger partial charge in [0.15, 0.2) is 11.5 Å². The van der Waals surface area contributed by atoms with Gasteiger partial charge in [-0.1, -0.05) is 12.1 Å². The maximum Gasteiger partial charge on any atom is 0.271 e. The van der Waals surface area contributed by atoms with Gasteiger partial charge in [0.1, 0.15) is 0 Å². The largest absolute Gasteiger partial charge is 0.493 e. The molecule has 0 unspecified atom stereocenters. The zero-order valence-corrected chi connectivity index (χ0v) is 15.2. The minimum Gasteiger partial charge on any atom is -0.493 e. The molecule has 0 fully saturated rings. The van der Waals surface area contributed by atoms with Gasteiger partial charge in [0.05, 0.1) is 24.8 Å². The van der Waals surface area contributed by atoms with Crippen LogP contribution in [0.3, 0.4) is 0 Å². The minimum atomic E-state index is -0.458. The van der Waals surface area contributed by atoms with E-state index in [4.69, 9.17) is 9.47 Å². The highest BCUT2D eigenvalue weighted by atomic mass is 16.6. The molecule has 2 aromatic carbocycles. The lowest BCUT2D eigenvalue weighted by molar-refractivity contribution is -0.384. The Morgan fingerprint density at radius 1 is 1.30 bits per heavy atom. The third-order valence-corrected chi connectivity index (χ3v) is 4.59. The molecule has 7 nitrogen and oxygen atoms in total. The fourth-order valence-electron chi connectivity index (χ4n) is 3.32. The molecule has 1 heterocycles. The molecule has 1 aliphatic rings. The highest BCUT2D eigenvalue weighted by Gasteiger charge is 2.28. The average Bonchev–Trinajstić information content (AvgIpc) is 3.10. The van der Waals surface area contributed by atoms with Crippen molar-refractivity contribution in [1.29, 1.82) is 0 Å². The standard InChI is InChI=1S/C20H20N2O5/c1-4-5-14-10-15(11-18(26-2)19(14)27-3)20(23)21-9-8-13-6-7-16(22(24)25)12-17(13)21/h4,6-7,10-12H,1,5,8-9H2,2-3H3. The zero-order valence-electron chi connectivity index (χ0n) is 15.2. The number of hydrogen-bond acceptors (Lipinski definition) is 5. The van der Waals surface area contributed by atoms with Crippen molar-refractivity contribution in [2.24, 2.45) is 0 Å². The summed E-state index contributed by atoms with van der Waals surface area (Å²) in [4.78, 5) is 25.3. The van der Waals surface area contributed by atoms with E-state index in [1.165, 1.54) is 19.2 Å². The fourth-order valence-corrected chi connectivity index (χ4v) is 3.32. The van der Waals surface area contributed by atoms with Gasteiger partial charge in [-0.3, -0.25) is 14.9 Å². The molecule has 27 heavy (non-hydrogen) atoms. The van der Waals surface area contributed by atoms with Crippen LogP contribution in [0.2, 0.25) is 0 Å². The van der Waals surface area contributed by atoms with Crippen molar-refractivity contribution in [2.75, 3.05) is 25.7 Å². The molecule has 2 aromatic rings. The highest BCUT2D eigenvalue weighted by Crippen LogP contribution is 2.36. The molecule has 1 amide bonds. The number of anilines is 1. The summed E-state index contributed by atoms with van der Waals surface area (Å²) in [6, 6.07) is 8.00. The Morgan fingerprint density at radius 2 is 2.07 bits per heavy atom. The fraction of sp³-hybridized carbons (Fsp3) is 0.250. The van der Waals surface area contributed by atoms with Crippen LogP contribution in [0, 0.1) is 10.1 Å². The molecule has 0 saturated heterocycles. The summed E-state index contributed by atoms with van der Waals surface area (Å²) in [6.45, 7) is 4.21. The Bertz CT molecular complexity index is 923. The third kappa shape index (κ3) is 3.36. The number of carbonyl (C=O) groups is 1. The Kier molecular flexibility index (Phi) is 5.12. The van der Waals surface area contributed by atoms with Gasteiger partial charge < -0.3 is 14.4 Å². The van der Waals surface area contributed by atoms with Crippen LogP contribution in [0.15, 0.2) is 43.0 Å². The number of hydrogen-bond donors (Lipinski definition) is 0. The predicted molar refractivity (Wildman–Crippen MR) is 102 cm³/mol. The van der Waals surface area contributed by atoms with Crippen LogP contribution in [-0.4, -0.2) is 31.6 Å². The number of allylic oxidation sites excluding steroid dienone is 1. The van der Waals surface area contributed by atoms with Crippen molar-refractivity contribution < 1.29 is 19.2 Å². The number of amides is 1. The van der Waals surface area contributed by atoms with Crippen LogP contribution in [0.5, 0.6) is 11.5 Å². The van der Waals surface area contributed by atoms with E-state index < -0.39 is 4.92 Å². The van der Waals surface area contributed by atoms with Gasteiger partial charge in [-0.15, -0.1) is 6.58 Å². The van der Waals surface area contributed by atoms with Gasteiger partial charge in [0, 0.05) is 29.8 Å². The molecule has 0 aromatic heterocycles.